The van der Waals surface area contributed by atoms with Gasteiger partial charge in [0.15, 0.2) is 0 Å². The number of hydrogen-bond acceptors (Lipinski definition) is 2. The Hall–Kier alpha value is -1.38. The molecule has 0 saturated heterocycles. The van der Waals surface area contributed by atoms with E-state index in [-0.39, 0.29) is 18.1 Å². The molecule has 0 heterocycles. The number of aliphatic hydroxyl groups is 1. The minimum atomic E-state index is -0.0531. The molecule has 0 aromatic heterocycles. The van der Waals surface area contributed by atoms with Gasteiger partial charge in [0.2, 0.25) is 0 Å². The van der Waals surface area contributed by atoms with Crippen LogP contribution in [0.15, 0.2) is 42.5 Å². The average molecular weight is 227 g/mol. The second-order valence-corrected chi connectivity index (χ2v) is 5.10. The van der Waals surface area contributed by atoms with Gasteiger partial charge in [-0.05, 0) is 35.2 Å². The normalized spacial score (nSPS) is 19.2. The van der Waals surface area contributed by atoms with E-state index in [4.69, 9.17) is 5.73 Å². The highest BCUT2D eigenvalue weighted by atomic mass is 16.3. The van der Waals surface area contributed by atoms with Crippen LogP contribution in [-0.2, 0) is 0 Å². The van der Waals surface area contributed by atoms with E-state index in [0.29, 0.717) is 0 Å². The van der Waals surface area contributed by atoms with Gasteiger partial charge < -0.3 is 10.8 Å². The van der Waals surface area contributed by atoms with Crippen molar-refractivity contribution in [1.82, 2.24) is 0 Å². The largest absolute Gasteiger partial charge is 0.396 e. The molecule has 3 N–H and O–H groups in total. The summed E-state index contributed by atoms with van der Waals surface area (Å²) in [5.41, 5.74) is 7.36. The Bertz CT molecular complexity index is 545. The molecular formula is C15H17NO. The summed E-state index contributed by atoms with van der Waals surface area (Å²) in [6.45, 7) is 0.195. The maximum atomic E-state index is 9.42. The highest BCUT2D eigenvalue weighted by molar-refractivity contribution is 5.83. The summed E-state index contributed by atoms with van der Waals surface area (Å²) in [6.07, 6.45) is 2.08. The topological polar surface area (TPSA) is 46.2 Å². The third-order valence-electron chi connectivity index (χ3n) is 4.00. The zero-order valence-corrected chi connectivity index (χ0v) is 9.76. The summed E-state index contributed by atoms with van der Waals surface area (Å²) < 4.78 is 0. The second-order valence-electron chi connectivity index (χ2n) is 5.10. The fourth-order valence-corrected chi connectivity index (χ4v) is 2.48. The summed E-state index contributed by atoms with van der Waals surface area (Å²) in [7, 11) is 0. The molecular weight excluding hydrogens is 210 g/mol. The molecule has 0 radical (unpaired) electrons. The van der Waals surface area contributed by atoms with E-state index < -0.39 is 0 Å². The van der Waals surface area contributed by atoms with Gasteiger partial charge in [-0.3, -0.25) is 0 Å². The summed E-state index contributed by atoms with van der Waals surface area (Å²) in [5, 5.41) is 11.9. The molecule has 1 atom stereocenters. The third kappa shape index (κ3) is 1.74. The first-order chi connectivity index (χ1) is 8.25. The molecule has 3 rings (SSSR count). The Kier molecular flexibility index (Phi) is 2.42. The Labute approximate surface area is 101 Å². The molecule has 88 valence electrons. The van der Waals surface area contributed by atoms with E-state index in [9.17, 15) is 5.11 Å². The molecule has 1 aliphatic carbocycles. The molecule has 2 heteroatoms. The summed E-state index contributed by atoms with van der Waals surface area (Å²) >= 11 is 0. The third-order valence-corrected chi connectivity index (χ3v) is 4.00. The first-order valence-electron chi connectivity index (χ1n) is 6.10. The number of benzene rings is 2. The summed E-state index contributed by atoms with van der Waals surface area (Å²) in [4.78, 5) is 0. The molecule has 2 aromatic rings. The molecule has 1 fully saturated rings. The van der Waals surface area contributed by atoms with Gasteiger partial charge >= 0.3 is 0 Å². The Balaban J connectivity index is 2.00. The summed E-state index contributed by atoms with van der Waals surface area (Å²) in [6, 6.07) is 14.6. The van der Waals surface area contributed by atoms with E-state index in [1.807, 2.05) is 12.1 Å². The Morgan fingerprint density at radius 2 is 1.82 bits per heavy atom. The number of hydrogen-bond donors (Lipinski definition) is 2. The van der Waals surface area contributed by atoms with E-state index in [0.717, 1.165) is 18.4 Å². The molecule has 0 spiro atoms. The van der Waals surface area contributed by atoms with Crippen LogP contribution in [-0.4, -0.2) is 11.7 Å². The van der Waals surface area contributed by atoms with Crippen molar-refractivity contribution in [3.8, 4) is 0 Å². The highest BCUT2D eigenvalue weighted by Gasteiger charge is 2.47. The monoisotopic (exact) mass is 227 g/mol. The van der Waals surface area contributed by atoms with E-state index in [1.165, 1.54) is 10.8 Å². The van der Waals surface area contributed by atoms with Gasteiger partial charge in [0.25, 0.3) is 0 Å². The zero-order valence-electron chi connectivity index (χ0n) is 9.76. The predicted octanol–water partition coefficient (Wildman–Crippen LogP) is 2.61. The van der Waals surface area contributed by atoms with Crippen molar-refractivity contribution < 1.29 is 5.11 Å². The molecule has 0 aliphatic heterocycles. The van der Waals surface area contributed by atoms with Crippen molar-refractivity contribution in [2.45, 2.75) is 18.9 Å². The summed E-state index contributed by atoms with van der Waals surface area (Å²) in [5.74, 6) is 0. The van der Waals surface area contributed by atoms with Gasteiger partial charge in [-0.15, -0.1) is 0 Å². The Morgan fingerprint density at radius 1 is 1.12 bits per heavy atom. The van der Waals surface area contributed by atoms with Crippen LogP contribution in [0.2, 0.25) is 0 Å². The average Bonchev–Trinajstić information content (AvgIpc) is 3.18. The number of rotatable bonds is 3. The smallest absolute Gasteiger partial charge is 0.0505 e. The Morgan fingerprint density at radius 3 is 2.47 bits per heavy atom. The van der Waals surface area contributed by atoms with Gasteiger partial charge in [-0.1, -0.05) is 36.4 Å². The maximum absolute atomic E-state index is 9.42. The van der Waals surface area contributed by atoms with Gasteiger partial charge in [0.05, 0.1) is 6.61 Å². The van der Waals surface area contributed by atoms with E-state index >= 15 is 0 Å². The van der Waals surface area contributed by atoms with Crippen molar-refractivity contribution >= 4 is 10.8 Å². The number of nitrogens with two attached hydrogens (primary N) is 1. The van der Waals surface area contributed by atoms with E-state index in [2.05, 4.69) is 30.3 Å². The second kappa shape index (κ2) is 3.83. The first kappa shape index (κ1) is 10.8. The molecule has 1 saturated carbocycles. The van der Waals surface area contributed by atoms with Crippen LogP contribution in [0, 0.1) is 5.41 Å². The van der Waals surface area contributed by atoms with Gasteiger partial charge in [-0.25, -0.2) is 0 Å². The van der Waals surface area contributed by atoms with Crippen LogP contribution in [0.4, 0.5) is 0 Å². The van der Waals surface area contributed by atoms with E-state index in [1.54, 1.807) is 0 Å². The lowest BCUT2D eigenvalue weighted by atomic mass is 9.90. The van der Waals surface area contributed by atoms with Crippen LogP contribution in [0.25, 0.3) is 10.8 Å². The lowest BCUT2D eigenvalue weighted by Gasteiger charge is -2.21. The van der Waals surface area contributed by atoms with Crippen molar-refractivity contribution in [3.05, 3.63) is 48.0 Å². The van der Waals surface area contributed by atoms with Crippen LogP contribution in [0.3, 0.4) is 0 Å². The molecule has 1 aliphatic rings. The van der Waals surface area contributed by atoms with Gasteiger partial charge in [0, 0.05) is 11.5 Å². The highest BCUT2D eigenvalue weighted by Crippen LogP contribution is 2.53. The SMILES string of the molecule is NC(c1ccc2ccccc2c1)C1(CO)CC1. The molecule has 2 nitrogen and oxygen atoms in total. The lowest BCUT2D eigenvalue weighted by molar-refractivity contribution is 0.188. The number of aliphatic hydroxyl groups excluding tert-OH is 1. The van der Waals surface area contributed by atoms with Crippen molar-refractivity contribution in [2.75, 3.05) is 6.61 Å². The quantitative estimate of drug-likeness (QED) is 0.846. The van der Waals surface area contributed by atoms with Crippen LogP contribution < -0.4 is 5.73 Å². The maximum Gasteiger partial charge on any atom is 0.0505 e. The predicted molar refractivity (Wildman–Crippen MR) is 69.6 cm³/mol. The number of fused-ring (bicyclic) bond motifs is 1. The van der Waals surface area contributed by atoms with Crippen LogP contribution in [0.5, 0.6) is 0 Å². The van der Waals surface area contributed by atoms with Crippen LogP contribution in [0.1, 0.15) is 24.4 Å². The molecule has 0 amide bonds. The fourth-order valence-electron chi connectivity index (χ4n) is 2.48. The van der Waals surface area contributed by atoms with Crippen LogP contribution >= 0.6 is 0 Å². The molecule has 17 heavy (non-hydrogen) atoms. The molecule has 2 aromatic carbocycles. The molecule has 1 unspecified atom stereocenters. The molecule has 0 bridgehead atoms. The van der Waals surface area contributed by atoms with Crippen molar-refractivity contribution in [2.24, 2.45) is 11.1 Å². The standard InChI is InChI=1S/C15H17NO/c16-14(15(10-17)7-8-15)13-6-5-11-3-1-2-4-12(11)9-13/h1-6,9,14,17H,7-8,10,16H2. The first-order valence-corrected chi connectivity index (χ1v) is 6.10. The van der Waals surface area contributed by atoms with Crippen molar-refractivity contribution in [3.63, 3.8) is 0 Å². The minimum Gasteiger partial charge on any atom is -0.396 e. The minimum absolute atomic E-state index is 0.0443. The lowest BCUT2D eigenvalue weighted by Crippen LogP contribution is -2.25. The van der Waals surface area contributed by atoms with Gasteiger partial charge in [-0.2, -0.15) is 0 Å². The van der Waals surface area contributed by atoms with Gasteiger partial charge in [0.1, 0.15) is 0 Å². The van der Waals surface area contributed by atoms with Crippen molar-refractivity contribution in [1.29, 1.82) is 0 Å². The zero-order chi connectivity index (χ0) is 11.9. The fraction of sp³-hybridized carbons (Fsp3) is 0.333.